The second-order valence-corrected chi connectivity index (χ2v) is 3.01. The van der Waals surface area contributed by atoms with E-state index in [4.69, 9.17) is 0 Å². The molecule has 0 N–H and O–H groups in total. The first-order valence-electron chi connectivity index (χ1n) is 3.25. The Morgan fingerprint density at radius 1 is 1.08 bits per heavy atom. The molecule has 0 radical (unpaired) electrons. The summed E-state index contributed by atoms with van der Waals surface area (Å²) in [6, 6.07) is 7.92. The number of hydrogen-bond donors (Lipinski definition) is 0. The quantitative estimate of drug-likeness (QED) is 0.466. The molecule has 2 nitrogen and oxygen atoms in total. The predicted molar refractivity (Wildman–Crippen MR) is 44.9 cm³/mol. The third kappa shape index (κ3) is 1.87. The van der Waals surface area contributed by atoms with Crippen LogP contribution in [-0.2, 0) is 0 Å². The van der Waals surface area contributed by atoms with Crippen molar-refractivity contribution in [3.05, 3.63) is 30.6 Å². The molecule has 1 aromatic carbocycles. The summed E-state index contributed by atoms with van der Waals surface area (Å²) in [6.07, 6.45) is 1.56. The summed E-state index contributed by atoms with van der Waals surface area (Å²) in [5.41, 5.74) is 0.983. The number of aromatic nitrogens is 2. The molecule has 0 saturated heterocycles. The van der Waals surface area contributed by atoms with E-state index >= 15 is 0 Å². The Kier molecular flexibility index (Phi) is 3.69. The van der Waals surface area contributed by atoms with Gasteiger partial charge in [-0.2, -0.15) is 0 Å². The Labute approximate surface area is 101 Å². The van der Waals surface area contributed by atoms with Gasteiger partial charge in [-0.1, -0.05) is 0 Å². The number of rotatable bonds is 0. The molecular weight excluding hydrogens is 226 g/mol. The normalized spacial score (nSPS) is 9.33. The van der Waals surface area contributed by atoms with Crippen molar-refractivity contribution in [1.82, 2.24) is 9.97 Å². The molecular formula is C8H5N2NaSe. The van der Waals surface area contributed by atoms with Crippen LogP contribution >= 0.6 is 0 Å². The van der Waals surface area contributed by atoms with Crippen molar-refractivity contribution >= 4 is 31.5 Å². The van der Waals surface area contributed by atoms with E-state index in [1.165, 1.54) is 0 Å². The first-order valence-corrected chi connectivity index (χ1v) is 4.10. The van der Waals surface area contributed by atoms with Gasteiger partial charge in [0.1, 0.15) is 0 Å². The van der Waals surface area contributed by atoms with E-state index in [-0.39, 0.29) is 29.6 Å². The van der Waals surface area contributed by atoms with E-state index in [1.807, 2.05) is 24.3 Å². The van der Waals surface area contributed by atoms with Gasteiger partial charge < -0.3 is 0 Å². The van der Waals surface area contributed by atoms with Gasteiger partial charge in [-0.05, 0) is 0 Å². The SMILES string of the molecule is [Na+].[Se-]c1ncnc2ccccc12. The van der Waals surface area contributed by atoms with Gasteiger partial charge in [0.2, 0.25) is 0 Å². The van der Waals surface area contributed by atoms with Gasteiger partial charge in [0, 0.05) is 0 Å². The fourth-order valence-electron chi connectivity index (χ4n) is 0.980. The summed E-state index contributed by atoms with van der Waals surface area (Å²) in [7, 11) is 0. The molecule has 0 aliphatic heterocycles. The molecule has 4 heteroatoms. The summed E-state index contributed by atoms with van der Waals surface area (Å²) in [6.45, 7) is 0. The van der Waals surface area contributed by atoms with Crippen LogP contribution in [0.1, 0.15) is 0 Å². The van der Waals surface area contributed by atoms with E-state index in [0.717, 1.165) is 15.5 Å². The fraction of sp³-hybridized carbons (Fsp3) is 0. The Bertz CT molecular complexity index is 386. The summed E-state index contributed by atoms with van der Waals surface area (Å²) in [4.78, 5) is 8.15. The number of benzene rings is 1. The Hall–Kier alpha value is 0.0795. The van der Waals surface area contributed by atoms with Crippen molar-refractivity contribution in [3.8, 4) is 0 Å². The molecule has 0 saturated carbocycles. The van der Waals surface area contributed by atoms with Crippen LogP contribution in [0.4, 0.5) is 0 Å². The van der Waals surface area contributed by atoms with Crippen LogP contribution in [0.25, 0.3) is 10.9 Å². The molecule has 0 atom stereocenters. The fourth-order valence-corrected chi connectivity index (χ4v) is 1.44. The molecule has 54 valence electrons. The van der Waals surface area contributed by atoms with E-state index in [0.29, 0.717) is 0 Å². The van der Waals surface area contributed by atoms with Crippen molar-refractivity contribution < 1.29 is 29.6 Å². The van der Waals surface area contributed by atoms with Crippen molar-refractivity contribution in [3.63, 3.8) is 0 Å². The molecule has 0 spiro atoms. The zero-order valence-electron chi connectivity index (χ0n) is 6.69. The molecule has 0 fully saturated rings. The summed E-state index contributed by atoms with van der Waals surface area (Å²) in [5.74, 6) is 0. The zero-order chi connectivity index (χ0) is 7.68. The number of nitrogens with zero attached hydrogens (tertiary/aromatic N) is 2. The third-order valence-corrected chi connectivity index (χ3v) is 2.19. The van der Waals surface area contributed by atoms with E-state index < -0.39 is 0 Å². The van der Waals surface area contributed by atoms with E-state index in [1.54, 1.807) is 6.33 Å². The van der Waals surface area contributed by atoms with Crippen LogP contribution in [0.2, 0.25) is 0 Å². The minimum absolute atomic E-state index is 0. The van der Waals surface area contributed by atoms with Gasteiger partial charge in [0.25, 0.3) is 0 Å². The van der Waals surface area contributed by atoms with Crippen LogP contribution in [0, 0.1) is 0 Å². The number of hydrogen-bond acceptors (Lipinski definition) is 2. The molecule has 2 aromatic rings. The second kappa shape index (κ2) is 4.35. The molecule has 0 unspecified atom stereocenters. The Morgan fingerprint density at radius 2 is 1.83 bits per heavy atom. The molecule has 0 aliphatic carbocycles. The average molecular weight is 231 g/mol. The van der Waals surface area contributed by atoms with E-state index in [9.17, 15) is 0 Å². The standard InChI is InChI=1S/C8H6N2Se.Na/c11-8-6-3-1-2-4-7(6)9-5-10-8;/h1-5H,(H,9,10,11);/q;+1/p-1. The number of fused-ring (bicyclic) bond motifs is 1. The number of para-hydroxylation sites is 1. The van der Waals surface area contributed by atoms with Gasteiger partial charge in [-0.15, -0.1) is 0 Å². The second-order valence-electron chi connectivity index (χ2n) is 2.20. The van der Waals surface area contributed by atoms with Gasteiger partial charge >= 0.3 is 102 Å². The first kappa shape index (κ1) is 10.2. The van der Waals surface area contributed by atoms with E-state index in [2.05, 4.69) is 26.0 Å². The monoisotopic (exact) mass is 232 g/mol. The van der Waals surface area contributed by atoms with Crippen molar-refractivity contribution in [2.75, 3.05) is 0 Å². The summed E-state index contributed by atoms with van der Waals surface area (Å²) < 4.78 is 0.913. The molecule has 0 bridgehead atoms. The summed E-state index contributed by atoms with van der Waals surface area (Å²) in [5, 5.41) is 1.08. The van der Waals surface area contributed by atoms with Gasteiger partial charge in [0.15, 0.2) is 0 Å². The molecule has 2 rings (SSSR count). The first-order chi connectivity index (χ1) is 5.38. The maximum absolute atomic E-state index is 4.11. The van der Waals surface area contributed by atoms with Gasteiger partial charge in [-0.25, -0.2) is 0 Å². The molecule has 12 heavy (non-hydrogen) atoms. The summed E-state index contributed by atoms with van der Waals surface area (Å²) >= 11 is 2.89. The Balaban J connectivity index is 0.000000720. The van der Waals surface area contributed by atoms with Crippen molar-refractivity contribution in [2.24, 2.45) is 0 Å². The van der Waals surface area contributed by atoms with Gasteiger partial charge in [-0.3, -0.25) is 0 Å². The molecule has 1 aromatic heterocycles. The van der Waals surface area contributed by atoms with Crippen LogP contribution in [0.5, 0.6) is 0 Å². The van der Waals surface area contributed by atoms with Crippen molar-refractivity contribution in [1.29, 1.82) is 0 Å². The topological polar surface area (TPSA) is 25.8 Å². The average Bonchev–Trinajstić information content (AvgIpc) is 2.06. The van der Waals surface area contributed by atoms with Crippen molar-refractivity contribution in [2.45, 2.75) is 0 Å². The van der Waals surface area contributed by atoms with Crippen LogP contribution < -0.4 is 34.1 Å². The third-order valence-electron chi connectivity index (χ3n) is 1.51. The minimum atomic E-state index is 0. The molecule has 0 aliphatic rings. The zero-order valence-corrected chi connectivity index (χ0v) is 10.4. The molecule has 0 amide bonds. The predicted octanol–water partition coefficient (Wildman–Crippen LogP) is -2.57. The maximum atomic E-state index is 4.11. The van der Waals surface area contributed by atoms with Crippen LogP contribution in [0.3, 0.4) is 0 Å². The molecule has 1 heterocycles. The van der Waals surface area contributed by atoms with Crippen LogP contribution in [0.15, 0.2) is 30.6 Å². The Morgan fingerprint density at radius 3 is 2.58 bits per heavy atom. The van der Waals surface area contributed by atoms with Gasteiger partial charge in [0.05, 0.1) is 0 Å². The van der Waals surface area contributed by atoms with Crippen LogP contribution in [-0.4, -0.2) is 26.0 Å².